The van der Waals surface area contributed by atoms with Crippen molar-refractivity contribution < 1.29 is 24.9 Å². The van der Waals surface area contributed by atoms with Crippen molar-refractivity contribution in [3.05, 3.63) is 23.8 Å². The Balaban J connectivity index is 2.98. The first-order chi connectivity index (χ1) is 7.06. The summed E-state index contributed by atoms with van der Waals surface area (Å²) in [6.45, 7) is 2.76. The topological polar surface area (TPSA) is 85.9 Å². The summed E-state index contributed by atoms with van der Waals surface area (Å²) in [5.41, 5.74) is 0. The van der Waals surface area contributed by atoms with Crippen molar-refractivity contribution in [3.8, 4) is 5.88 Å². The second-order valence-electron chi connectivity index (χ2n) is 2.41. The molecular formula is C7H8N2O5S. The third-order valence-electron chi connectivity index (χ3n) is 1.41. The number of aromatic nitrogens is 2. The molecule has 1 heterocycles. The van der Waals surface area contributed by atoms with E-state index >= 15 is 0 Å². The molecule has 0 saturated carbocycles. The van der Waals surface area contributed by atoms with E-state index in [-0.39, 0.29) is 10.7 Å². The number of aromatic hydroxyl groups is 1. The summed E-state index contributed by atoms with van der Waals surface area (Å²) in [7, 11) is 0. The van der Waals surface area contributed by atoms with Crippen LogP contribution in [0.15, 0.2) is 19.0 Å². The molecule has 0 atom stereocenters. The van der Waals surface area contributed by atoms with E-state index in [0.717, 1.165) is 21.8 Å². The Morgan fingerprint density at radius 2 is 2.40 bits per heavy atom. The zero-order valence-corrected chi connectivity index (χ0v) is 8.31. The van der Waals surface area contributed by atoms with Crippen LogP contribution in [0.25, 0.3) is 0 Å². The summed E-state index contributed by atoms with van der Waals surface area (Å²) in [5.74, 6) is -1.47. The van der Waals surface area contributed by atoms with Gasteiger partial charge in [-0.2, -0.15) is 4.99 Å². The minimum atomic E-state index is -1.14. The largest absolute Gasteiger partial charge is 0.493 e. The lowest BCUT2D eigenvalue weighted by molar-refractivity contribution is -0.249. The molecule has 0 spiro atoms. The molecule has 2 N–H and O–H groups in total. The van der Waals surface area contributed by atoms with Crippen LogP contribution in [-0.2, 0) is 16.2 Å². The van der Waals surface area contributed by atoms with Gasteiger partial charge in [0.15, 0.2) is 0 Å². The molecule has 0 amide bonds. The van der Waals surface area contributed by atoms with E-state index < -0.39 is 12.5 Å². The molecule has 0 saturated heterocycles. The Morgan fingerprint density at radius 3 is 2.93 bits per heavy atom. The van der Waals surface area contributed by atoms with Crippen molar-refractivity contribution in [2.24, 2.45) is 0 Å². The molecule has 0 unspecified atom stereocenters. The Labute approximate surface area is 89.3 Å². The van der Waals surface area contributed by atoms with Crippen LogP contribution >= 0.6 is 12.2 Å². The highest BCUT2D eigenvalue weighted by Gasteiger charge is 2.11. The van der Waals surface area contributed by atoms with E-state index in [0.29, 0.717) is 0 Å². The van der Waals surface area contributed by atoms with Crippen molar-refractivity contribution >= 4 is 18.2 Å². The van der Waals surface area contributed by atoms with Gasteiger partial charge in [-0.3, -0.25) is 14.2 Å². The Hall–Kier alpha value is -1.96. The second-order valence-corrected chi connectivity index (χ2v) is 2.78. The van der Waals surface area contributed by atoms with Gasteiger partial charge < -0.3 is 10.2 Å². The van der Waals surface area contributed by atoms with Gasteiger partial charge in [-0.25, -0.2) is 0 Å². The summed E-state index contributed by atoms with van der Waals surface area (Å²) in [4.78, 5) is 19.3. The highest BCUT2D eigenvalue weighted by molar-refractivity contribution is 7.71. The van der Waals surface area contributed by atoms with Crippen LogP contribution in [-0.4, -0.2) is 25.5 Å². The molecule has 0 aliphatic carbocycles. The fourth-order valence-corrected chi connectivity index (χ4v) is 1.10. The molecular weight excluding hydrogens is 224 g/mol. The highest BCUT2D eigenvalue weighted by atomic mass is 32.1. The number of imidazole rings is 1. The quantitative estimate of drug-likeness (QED) is 0.329. The van der Waals surface area contributed by atoms with Crippen molar-refractivity contribution in [2.75, 3.05) is 0 Å². The van der Waals surface area contributed by atoms with Crippen molar-refractivity contribution in [1.29, 1.82) is 0 Å². The molecule has 7 nitrogen and oxygen atoms in total. The predicted molar refractivity (Wildman–Crippen MR) is 50.4 cm³/mol. The van der Waals surface area contributed by atoms with Gasteiger partial charge in [0.1, 0.15) is 19.0 Å². The minimum Gasteiger partial charge on any atom is -0.493 e. The second kappa shape index (κ2) is 4.51. The van der Waals surface area contributed by atoms with Crippen LogP contribution in [0.4, 0.5) is 0 Å². The molecule has 0 bridgehead atoms. The first-order valence-corrected chi connectivity index (χ1v) is 4.14. The Bertz CT molecular complexity index is 435. The first kappa shape index (κ1) is 11.1. The lowest BCUT2D eigenvalue weighted by atomic mass is 10.6. The molecule has 1 aromatic rings. The van der Waals surface area contributed by atoms with Gasteiger partial charge in [0.05, 0.1) is 0 Å². The average molecular weight is 232 g/mol. The number of hydrogen-bond acceptors (Lipinski definition) is 5. The molecule has 0 aliphatic rings. The highest BCUT2D eigenvalue weighted by Crippen LogP contribution is 2.11. The van der Waals surface area contributed by atoms with Crippen LogP contribution in [0.3, 0.4) is 0 Å². The smallest absolute Gasteiger partial charge is 0.323 e. The summed E-state index contributed by atoms with van der Waals surface area (Å²) in [6, 6.07) is 0. The number of rotatable bonds is 5. The maximum Gasteiger partial charge on any atom is 0.323 e. The van der Waals surface area contributed by atoms with Crippen LogP contribution < -0.4 is 4.99 Å². The van der Waals surface area contributed by atoms with Crippen molar-refractivity contribution in [1.82, 2.24) is 9.30 Å². The van der Waals surface area contributed by atoms with Gasteiger partial charge in [0.2, 0.25) is 10.7 Å². The van der Waals surface area contributed by atoms with Crippen molar-refractivity contribution in [2.45, 2.75) is 6.54 Å². The van der Waals surface area contributed by atoms with Gasteiger partial charge in [0.25, 0.3) is 0 Å². The number of hydrogen-bond donors (Lipinski definition) is 2. The lowest BCUT2D eigenvalue weighted by Gasteiger charge is -2.00. The van der Waals surface area contributed by atoms with Crippen LogP contribution in [0.5, 0.6) is 5.88 Å². The van der Waals surface area contributed by atoms with E-state index in [1.54, 1.807) is 0 Å². The molecule has 15 heavy (non-hydrogen) atoms. The van der Waals surface area contributed by atoms with Gasteiger partial charge in [0, 0.05) is 0 Å². The first-order valence-electron chi connectivity index (χ1n) is 3.74. The third-order valence-corrected chi connectivity index (χ3v) is 1.81. The maximum atomic E-state index is 10.4. The Kier molecular flexibility index (Phi) is 3.34. The summed E-state index contributed by atoms with van der Waals surface area (Å²) in [5, 5.41) is 17.8. The summed E-state index contributed by atoms with van der Waals surface area (Å²) < 4.78 is 1.82. The van der Waals surface area contributed by atoms with E-state index in [2.05, 4.69) is 16.5 Å². The average Bonchev–Trinajstić information content (AvgIpc) is 2.42. The van der Waals surface area contributed by atoms with E-state index in [1.165, 1.54) is 0 Å². The third kappa shape index (κ3) is 2.50. The SMILES string of the molecule is C=COOn1cc(O)n(CC(=O)O)c1=S. The normalized spacial score (nSPS) is 9.60. The standard InChI is InChI=1S/C7H8N2O5S/c1-2-13-14-9-3-5(10)8(7(9)15)4-6(11)12/h2-3,10H,1,4H2,(H,11,12). The summed E-state index contributed by atoms with van der Waals surface area (Å²) >= 11 is 4.81. The van der Waals surface area contributed by atoms with Gasteiger partial charge in [-0.15, -0.1) is 4.73 Å². The molecule has 0 radical (unpaired) electrons. The van der Waals surface area contributed by atoms with Crippen LogP contribution in [0.1, 0.15) is 0 Å². The lowest BCUT2D eigenvalue weighted by Crippen LogP contribution is -2.12. The number of carboxylic acids is 1. The molecule has 1 rings (SSSR count). The molecule has 0 aliphatic heterocycles. The number of carboxylic acid groups (broad SMARTS) is 1. The molecule has 0 aromatic carbocycles. The van der Waals surface area contributed by atoms with E-state index in [9.17, 15) is 9.90 Å². The zero-order valence-electron chi connectivity index (χ0n) is 7.49. The van der Waals surface area contributed by atoms with E-state index in [1.807, 2.05) is 0 Å². The van der Waals surface area contributed by atoms with Crippen LogP contribution in [0.2, 0.25) is 0 Å². The van der Waals surface area contributed by atoms with Gasteiger partial charge >= 0.3 is 5.97 Å². The number of carbonyl (C=O) groups is 1. The van der Waals surface area contributed by atoms with E-state index in [4.69, 9.17) is 17.3 Å². The molecule has 1 aromatic heterocycles. The number of aliphatic carboxylic acids is 1. The fourth-order valence-electron chi connectivity index (χ4n) is 0.861. The van der Waals surface area contributed by atoms with Crippen LogP contribution in [0, 0.1) is 4.77 Å². The van der Waals surface area contributed by atoms with Crippen molar-refractivity contribution in [3.63, 3.8) is 0 Å². The monoisotopic (exact) mass is 232 g/mol. The maximum absolute atomic E-state index is 10.4. The number of nitrogens with zero attached hydrogens (tertiary/aromatic N) is 2. The zero-order chi connectivity index (χ0) is 11.4. The fraction of sp³-hybridized carbons (Fsp3) is 0.143. The molecule has 0 fully saturated rings. The predicted octanol–water partition coefficient (Wildman–Crippen LogP) is 0.313. The van der Waals surface area contributed by atoms with Gasteiger partial charge in [-0.05, 0) is 12.2 Å². The Morgan fingerprint density at radius 1 is 1.73 bits per heavy atom. The van der Waals surface area contributed by atoms with Gasteiger partial charge in [-0.1, -0.05) is 6.58 Å². The summed E-state index contributed by atoms with van der Waals surface area (Å²) in [6.07, 6.45) is 2.09. The molecule has 8 heteroatoms. The minimum absolute atomic E-state index is 0.0447. The molecule has 82 valence electrons.